The molecule has 0 bridgehead atoms. The van der Waals surface area contributed by atoms with Gasteiger partial charge in [-0.15, -0.1) is 0 Å². The molecule has 4 heterocycles. The third kappa shape index (κ3) is 5.63. The first-order chi connectivity index (χ1) is 21.1. The molecule has 1 amide bonds. The van der Waals surface area contributed by atoms with Gasteiger partial charge < -0.3 is 19.7 Å². The van der Waals surface area contributed by atoms with E-state index in [-0.39, 0.29) is 34.0 Å². The van der Waals surface area contributed by atoms with Crippen molar-refractivity contribution >= 4 is 28.9 Å². The van der Waals surface area contributed by atoms with Crippen molar-refractivity contribution in [3.8, 4) is 22.9 Å². The number of carbonyl (C=O) groups excluding carboxylic acids is 1. The summed E-state index contributed by atoms with van der Waals surface area (Å²) >= 11 is 6.01. The lowest BCUT2D eigenvalue weighted by Gasteiger charge is -2.65. The Balaban J connectivity index is 1.23. The first-order valence-electron chi connectivity index (χ1n) is 14.8. The SMILES string of the molecule is CCOc1ncccc1-c1ccc(OC2CC3(C2)CN(c2cccc(Cl)c2C(F)(F)F)C3CC)c(C(=O)N=C2CCNC2)n1. The molecule has 1 atom stereocenters. The van der Waals surface area contributed by atoms with Gasteiger partial charge in [0.2, 0.25) is 5.88 Å². The van der Waals surface area contributed by atoms with E-state index < -0.39 is 17.6 Å². The number of benzene rings is 1. The number of hydrogen-bond donors (Lipinski definition) is 1. The monoisotopic (exact) mass is 627 g/mol. The van der Waals surface area contributed by atoms with Crippen LogP contribution in [0.1, 0.15) is 55.6 Å². The summed E-state index contributed by atoms with van der Waals surface area (Å²) in [7, 11) is 0. The summed E-state index contributed by atoms with van der Waals surface area (Å²) in [5.41, 5.74) is 1.15. The average molecular weight is 628 g/mol. The summed E-state index contributed by atoms with van der Waals surface area (Å²) in [6.07, 6.45) is -0.491. The lowest BCUT2D eigenvalue weighted by Crippen LogP contribution is -2.71. The van der Waals surface area contributed by atoms with Gasteiger partial charge in [0.25, 0.3) is 5.91 Å². The highest BCUT2D eigenvalue weighted by atomic mass is 35.5. The van der Waals surface area contributed by atoms with E-state index in [0.29, 0.717) is 68.3 Å². The number of halogens is 4. The molecule has 3 aliphatic rings. The van der Waals surface area contributed by atoms with Crippen molar-refractivity contribution in [2.45, 2.75) is 57.9 Å². The molecule has 44 heavy (non-hydrogen) atoms. The molecular weight excluding hydrogens is 595 g/mol. The molecule has 232 valence electrons. The van der Waals surface area contributed by atoms with E-state index in [1.54, 1.807) is 30.5 Å². The maximum Gasteiger partial charge on any atom is 0.419 e. The van der Waals surface area contributed by atoms with Crippen molar-refractivity contribution in [2.75, 3.05) is 31.1 Å². The van der Waals surface area contributed by atoms with Crippen LogP contribution < -0.4 is 19.7 Å². The number of nitrogens with zero attached hydrogens (tertiary/aromatic N) is 4. The number of ether oxygens (including phenoxy) is 2. The molecule has 1 spiro atoms. The molecule has 2 saturated heterocycles. The van der Waals surface area contributed by atoms with Crippen molar-refractivity contribution in [2.24, 2.45) is 10.4 Å². The van der Waals surface area contributed by atoms with Crippen molar-refractivity contribution in [1.29, 1.82) is 0 Å². The second-order valence-electron chi connectivity index (χ2n) is 11.4. The average Bonchev–Trinajstić information content (AvgIpc) is 3.47. The molecule has 1 aliphatic carbocycles. The van der Waals surface area contributed by atoms with Gasteiger partial charge in [-0.25, -0.2) is 15.0 Å². The quantitative estimate of drug-likeness (QED) is 0.300. The zero-order chi connectivity index (χ0) is 31.1. The lowest BCUT2D eigenvalue weighted by molar-refractivity contribution is -0.137. The van der Waals surface area contributed by atoms with Gasteiger partial charge in [0, 0.05) is 43.0 Å². The molecule has 6 rings (SSSR count). The number of rotatable bonds is 8. The van der Waals surface area contributed by atoms with Crippen LogP contribution in [-0.4, -0.2) is 60.0 Å². The van der Waals surface area contributed by atoms with Crippen LogP contribution in [0.15, 0.2) is 53.7 Å². The van der Waals surface area contributed by atoms with E-state index in [1.807, 2.05) is 24.8 Å². The van der Waals surface area contributed by atoms with Crippen LogP contribution in [0.2, 0.25) is 5.02 Å². The number of alkyl halides is 3. The number of anilines is 1. The highest BCUT2D eigenvalue weighted by Gasteiger charge is 2.60. The van der Waals surface area contributed by atoms with Gasteiger partial charge in [0.15, 0.2) is 11.4 Å². The van der Waals surface area contributed by atoms with Gasteiger partial charge in [-0.1, -0.05) is 24.6 Å². The molecule has 1 unspecified atom stereocenters. The van der Waals surface area contributed by atoms with E-state index in [1.165, 1.54) is 12.1 Å². The predicted molar refractivity (Wildman–Crippen MR) is 162 cm³/mol. The van der Waals surface area contributed by atoms with Crippen LogP contribution in [0.5, 0.6) is 11.6 Å². The Bertz CT molecular complexity index is 1580. The number of carbonyl (C=O) groups is 1. The van der Waals surface area contributed by atoms with Gasteiger partial charge in [-0.05, 0) is 69.0 Å². The van der Waals surface area contributed by atoms with Crippen molar-refractivity contribution in [1.82, 2.24) is 15.3 Å². The maximum atomic E-state index is 13.9. The Morgan fingerprint density at radius 3 is 2.70 bits per heavy atom. The van der Waals surface area contributed by atoms with Crippen molar-refractivity contribution in [3.05, 3.63) is 64.9 Å². The number of pyridine rings is 2. The normalized spacial score (nSPS) is 23.9. The predicted octanol–water partition coefficient (Wildman–Crippen LogP) is 6.62. The van der Waals surface area contributed by atoms with Gasteiger partial charge in [-0.3, -0.25) is 4.79 Å². The van der Waals surface area contributed by atoms with E-state index >= 15 is 0 Å². The van der Waals surface area contributed by atoms with Crippen LogP contribution >= 0.6 is 11.6 Å². The molecule has 12 heteroatoms. The van der Waals surface area contributed by atoms with Gasteiger partial charge >= 0.3 is 6.18 Å². The third-order valence-corrected chi connectivity index (χ3v) is 8.98. The highest BCUT2D eigenvalue weighted by Crippen LogP contribution is 2.58. The van der Waals surface area contributed by atoms with E-state index in [4.69, 9.17) is 21.1 Å². The standard InChI is InChI=1S/C32H33ClF3N5O3/c1-3-26-31(18-41(26)24-9-5-8-22(33)27(24)32(34,35)36)15-20(16-31)44-25-11-10-23(21-7-6-13-38-30(21)43-4-2)40-28(25)29(42)39-19-12-14-37-17-19/h5-11,13,20,26,37H,3-4,12,14-18H2,1-2H3. The largest absolute Gasteiger partial charge is 0.488 e. The summed E-state index contributed by atoms with van der Waals surface area (Å²) in [4.78, 5) is 28.6. The van der Waals surface area contributed by atoms with Crippen LogP contribution in [0, 0.1) is 5.41 Å². The second kappa shape index (κ2) is 12.0. The summed E-state index contributed by atoms with van der Waals surface area (Å²) < 4.78 is 53.7. The molecule has 1 N–H and O–H groups in total. The van der Waals surface area contributed by atoms with Gasteiger partial charge in [0.1, 0.15) is 6.10 Å². The van der Waals surface area contributed by atoms with Crippen molar-refractivity contribution in [3.63, 3.8) is 0 Å². The molecule has 0 radical (unpaired) electrons. The van der Waals surface area contributed by atoms with Crippen LogP contribution in [0.4, 0.5) is 18.9 Å². The molecular formula is C32H33ClF3N5O3. The Morgan fingerprint density at radius 2 is 2.00 bits per heavy atom. The summed E-state index contributed by atoms with van der Waals surface area (Å²) in [5, 5.41) is 2.88. The molecule has 1 saturated carbocycles. The lowest BCUT2D eigenvalue weighted by atomic mass is 9.55. The first kappa shape index (κ1) is 30.3. The minimum Gasteiger partial charge on any atom is -0.488 e. The smallest absolute Gasteiger partial charge is 0.419 e. The van der Waals surface area contributed by atoms with Crippen LogP contribution in [-0.2, 0) is 6.18 Å². The number of aliphatic imine (C=N–C) groups is 1. The zero-order valence-corrected chi connectivity index (χ0v) is 25.2. The molecule has 8 nitrogen and oxygen atoms in total. The minimum atomic E-state index is -4.56. The highest BCUT2D eigenvalue weighted by molar-refractivity contribution is 6.31. The van der Waals surface area contributed by atoms with Crippen molar-refractivity contribution < 1.29 is 27.4 Å². The number of nitrogens with one attached hydrogen (secondary N) is 1. The summed E-state index contributed by atoms with van der Waals surface area (Å²) in [6.45, 7) is 6.04. The Hall–Kier alpha value is -3.70. The molecule has 3 aromatic rings. The fourth-order valence-corrected chi connectivity index (χ4v) is 7.03. The van der Waals surface area contributed by atoms with E-state index in [0.717, 1.165) is 12.3 Å². The molecule has 2 aliphatic heterocycles. The number of amides is 1. The van der Waals surface area contributed by atoms with Gasteiger partial charge in [0.05, 0.1) is 34.1 Å². The number of aromatic nitrogens is 2. The fourth-order valence-electron chi connectivity index (χ4n) is 6.75. The Kier molecular flexibility index (Phi) is 8.27. The zero-order valence-electron chi connectivity index (χ0n) is 24.5. The Morgan fingerprint density at radius 1 is 1.18 bits per heavy atom. The van der Waals surface area contributed by atoms with Gasteiger partial charge in [-0.2, -0.15) is 13.2 Å². The molecule has 3 fully saturated rings. The fraction of sp³-hybridized carbons (Fsp3) is 0.438. The molecule has 2 aromatic heterocycles. The summed E-state index contributed by atoms with van der Waals surface area (Å²) in [6, 6.07) is 11.3. The Labute approximate surface area is 258 Å². The van der Waals surface area contributed by atoms with Crippen LogP contribution in [0.25, 0.3) is 11.3 Å². The number of hydrogen-bond acceptors (Lipinski definition) is 7. The second-order valence-corrected chi connectivity index (χ2v) is 11.8. The van der Waals surface area contributed by atoms with Crippen LogP contribution in [0.3, 0.4) is 0 Å². The molecule has 1 aromatic carbocycles. The summed E-state index contributed by atoms with van der Waals surface area (Å²) in [5.74, 6) is 0.253. The first-order valence-corrected chi connectivity index (χ1v) is 15.2. The maximum absolute atomic E-state index is 13.9. The van der Waals surface area contributed by atoms with E-state index in [2.05, 4.69) is 20.3 Å². The van der Waals surface area contributed by atoms with E-state index in [9.17, 15) is 18.0 Å². The third-order valence-electron chi connectivity index (χ3n) is 8.67. The minimum absolute atomic E-state index is 0.0904. The topological polar surface area (TPSA) is 88.9 Å².